The van der Waals surface area contributed by atoms with E-state index in [0.717, 1.165) is 5.56 Å². The van der Waals surface area contributed by atoms with Crippen molar-refractivity contribution in [3.63, 3.8) is 0 Å². The summed E-state index contributed by atoms with van der Waals surface area (Å²) < 4.78 is 5.41. The zero-order valence-corrected chi connectivity index (χ0v) is 11.6. The van der Waals surface area contributed by atoms with Crippen LogP contribution in [0.15, 0.2) is 54.6 Å². The first-order valence-electron chi connectivity index (χ1n) is 6.53. The zero-order valence-electron chi connectivity index (χ0n) is 11.6. The number of hydrogen-bond donors (Lipinski definition) is 2. The van der Waals surface area contributed by atoms with Crippen molar-refractivity contribution in [2.75, 3.05) is 6.61 Å². The second kappa shape index (κ2) is 7.08. The van der Waals surface area contributed by atoms with Gasteiger partial charge in [0.15, 0.2) is 0 Å². The van der Waals surface area contributed by atoms with Gasteiger partial charge in [0.2, 0.25) is 0 Å². The molecule has 0 aliphatic heterocycles. The van der Waals surface area contributed by atoms with Crippen molar-refractivity contribution < 1.29 is 24.5 Å². The number of benzene rings is 2. The predicted octanol–water partition coefficient (Wildman–Crippen LogP) is 3.18. The molecular weight excluding hydrogens is 284 g/mol. The Balaban J connectivity index is 2.04. The van der Waals surface area contributed by atoms with Crippen LogP contribution in [0.2, 0.25) is 0 Å². The van der Waals surface area contributed by atoms with Crippen LogP contribution >= 0.6 is 0 Å². The highest BCUT2D eigenvalue weighted by Gasteiger charge is 2.16. The third-order valence-corrected chi connectivity index (χ3v) is 2.91. The number of carboxylic acids is 2. The summed E-state index contributed by atoms with van der Waals surface area (Å²) in [6, 6.07) is 13.5. The van der Waals surface area contributed by atoms with E-state index in [0.29, 0.717) is 5.75 Å². The van der Waals surface area contributed by atoms with Crippen molar-refractivity contribution in [3.8, 4) is 5.75 Å². The van der Waals surface area contributed by atoms with Crippen LogP contribution in [0.5, 0.6) is 5.75 Å². The third-order valence-electron chi connectivity index (χ3n) is 2.91. The maximum atomic E-state index is 11.1. The fourth-order valence-electron chi connectivity index (χ4n) is 1.87. The molecule has 0 saturated carbocycles. The van der Waals surface area contributed by atoms with E-state index in [1.54, 1.807) is 6.08 Å². The molecule has 0 aliphatic carbocycles. The summed E-state index contributed by atoms with van der Waals surface area (Å²) in [6.07, 6.45) is 3.67. The van der Waals surface area contributed by atoms with Gasteiger partial charge in [-0.15, -0.1) is 0 Å². The van der Waals surface area contributed by atoms with E-state index in [-0.39, 0.29) is 17.7 Å². The lowest BCUT2D eigenvalue weighted by Crippen LogP contribution is -2.08. The van der Waals surface area contributed by atoms with E-state index in [4.69, 9.17) is 14.9 Å². The summed E-state index contributed by atoms with van der Waals surface area (Å²) in [6.45, 7) is 0.250. The van der Waals surface area contributed by atoms with Gasteiger partial charge in [-0.3, -0.25) is 0 Å². The van der Waals surface area contributed by atoms with Gasteiger partial charge in [-0.25, -0.2) is 9.59 Å². The maximum absolute atomic E-state index is 11.1. The summed E-state index contributed by atoms with van der Waals surface area (Å²) in [5, 5.41) is 18.0. The number of rotatable bonds is 6. The molecule has 0 heterocycles. The fourth-order valence-corrected chi connectivity index (χ4v) is 1.87. The summed E-state index contributed by atoms with van der Waals surface area (Å²) in [5.74, 6) is -2.28. The van der Waals surface area contributed by atoms with E-state index in [1.807, 2.05) is 36.4 Å². The molecule has 0 fully saturated rings. The van der Waals surface area contributed by atoms with Gasteiger partial charge >= 0.3 is 11.9 Å². The van der Waals surface area contributed by atoms with Gasteiger partial charge in [0, 0.05) is 0 Å². The van der Waals surface area contributed by atoms with Gasteiger partial charge in [-0.05, 0) is 29.8 Å². The smallest absolute Gasteiger partial charge is 0.336 e. The van der Waals surface area contributed by atoms with Crippen molar-refractivity contribution in [3.05, 3.63) is 71.3 Å². The topological polar surface area (TPSA) is 83.8 Å². The Bertz CT molecular complexity index is 704. The molecule has 2 rings (SSSR count). The molecule has 2 aromatic rings. The Morgan fingerprint density at radius 1 is 0.955 bits per heavy atom. The van der Waals surface area contributed by atoms with Crippen molar-refractivity contribution in [2.45, 2.75) is 0 Å². The first-order chi connectivity index (χ1) is 10.6. The van der Waals surface area contributed by atoms with E-state index >= 15 is 0 Å². The molecule has 0 aromatic heterocycles. The summed E-state index contributed by atoms with van der Waals surface area (Å²) >= 11 is 0. The van der Waals surface area contributed by atoms with Crippen molar-refractivity contribution >= 4 is 18.0 Å². The van der Waals surface area contributed by atoms with Crippen LogP contribution in [0.3, 0.4) is 0 Å². The second-order valence-corrected chi connectivity index (χ2v) is 4.44. The lowest BCUT2D eigenvalue weighted by molar-refractivity contribution is 0.0651. The second-order valence-electron chi connectivity index (χ2n) is 4.44. The lowest BCUT2D eigenvalue weighted by atomic mass is 10.1. The number of aromatic carboxylic acids is 2. The minimum atomic E-state index is -1.30. The molecule has 0 radical (unpaired) electrons. The Morgan fingerprint density at radius 2 is 1.64 bits per heavy atom. The van der Waals surface area contributed by atoms with Gasteiger partial charge in [-0.2, -0.15) is 0 Å². The van der Waals surface area contributed by atoms with E-state index in [9.17, 15) is 9.59 Å². The first kappa shape index (κ1) is 15.3. The summed E-state index contributed by atoms with van der Waals surface area (Å²) in [4.78, 5) is 22.0. The Kier molecular flexibility index (Phi) is 4.93. The first-order valence-corrected chi connectivity index (χ1v) is 6.53. The van der Waals surface area contributed by atoms with E-state index in [1.165, 1.54) is 18.2 Å². The van der Waals surface area contributed by atoms with Crippen molar-refractivity contribution in [1.29, 1.82) is 0 Å². The lowest BCUT2D eigenvalue weighted by Gasteiger charge is -2.06. The molecule has 22 heavy (non-hydrogen) atoms. The molecule has 2 aromatic carbocycles. The quantitative estimate of drug-likeness (QED) is 0.855. The normalized spacial score (nSPS) is 10.5. The molecule has 0 amide bonds. The van der Waals surface area contributed by atoms with Crippen LogP contribution in [0.25, 0.3) is 6.08 Å². The SMILES string of the molecule is O=C(O)c1ccc(OC/C=C/c2ccccc2)cc1C(=O)O. The molecule has 0 unspecified atom stereocenters. The van der Waals surface area contributed by atoms with Gasteiger partial charge in [0.25, 0.3) is 0 Å². The van der Waals surface area contributed by atoms with Crippen LogP contribution in [-0.2, 0) is 0 Å². The van der Waals surface area contributed by atoms with Crippen LogP contribution in [0.4, 0.5) is 0 Å². The van der Waals surface area contributed by atoms with Gasteiger partial charge in [0.1, 0.15) is 12.4 Å². The van der Waals surface area contributed by atoms with Crippen LogP contribution < -0.4 is 4.74 Å². The minimum Gasteiger partial charge on any atom is -0.490 e. The number of carbonyl (C=O) groups is 2. The monoisotopic (exact) mass is 298 g/mol. The molecule has 0 aliphatic rings. The number of ether oxygens (including phenoxy) is 1. The summed E-state index contributed by atoms with van der Waals surface area (Å²) in [7, 11) is 0. The molecule has 5 heteroatoms. The van der Waals surface area contributed by atoms with E-state index in [2.05, 4.69) is 0 Å². The molecule has 0 bridgehead atoms. The molecule has 112 valence electrons. The van der Waals surface area contributed by atoms with Crippen LogP contribution in [0.1, 0.15) is 26.3 Å². The molecule has 0 atom stereocenters. The molecule has 0 spiro atoms. The maximum Gasteiger partial charge on any atom is 0.336 e. The zero-order chi connectivity index (χ0) is 15.9. The van der Waals surface area contributed by atoms with E-state index < -0.39 is 11.9 Å². The fraction of sp³-hybridized carbons (Fsp3) is 0.0588. The number of hydrogen-bond acceptors (Lipinski definition) is 3. The highest BCUT2D eigenvalue weighted by molar-refractivity contribution is 6.01. The van der Waals surface area contributed by atoms with Crippen LogP contribution in [0, 0.1) is 0 Å². The Hall–Kier alpha value is -3.08. The largest absolute Gasteiger partial charge is 0.490 e. The number of carboxylic acid groups (broad SMARTS) is 2. The average Bonchev–Trinajstić information content (AvgIpc) is 2.52. The third kappa shape index (κ3) is 3.96. The highest BCUT2D eigenvalue weighted by atomic mass is 16.5. The average molecular weight is 298 g/mol. The minimum absolute atomic E-state index is 0.250. The van der Waals surface area contributed by atoms with Gasteiger partial charge in [0.05, 0.1) is 11.1 Å². The van der Waals surface area contributed by atoms with Gasteiger partial charge < -0.3 is 14.9 Å². The molecule has 5 nitrogen and oxygen atoms in total. The summed E-state index contributed by atoms with van der Waals surface area (Å²) in [5.41, 5.74) is 0.468. The van der Waals surface area contributed by atoms with Gasteiger partial charge in [-0.1, -0.05) is 36.4 Å². The predicted molar refractivity (Wildman–Crippen MR) is 81.3 cm³/mol. The Labute approximate surface area is 127 Å². The Morgan fingerprint density at radius 3 is 2.27 bits per heavy atom. The van der Waals surface area contributed by atoms with Crippen LogP contribution in [-0.4, -0.2) is 28.8 Å². The molecular formula is C17H14O5. The van der Waals surface area contributed by atoms with Crippen molar-refractivity contribution in [2.24, 2.45) is 0 Å². The standard InChI is InChI=1S/C17H14O5/c18-16(19)14-9-8-13(11-15(14)17(20)21)22-10-4-7-12-5-2-1-3-6-12/h1-9,11H,10H2,(H,18,19)(H,20,21)/b7-4+. The molecule has 2 N–H and O–H groups in total. The molecule has 0 saturated heterocycles. The highest BCUT2D eigenvalue weighted by Crippen LogP contribution is 2.18. The van der Waals surface area contributed by atoms with Crippen molar-refractivity contribution in [1.82, 2.24) is 0 Å².